The summed E-state index contributed by atoms with van der Waals surface area (Å²) in [5.41, 5.74) is 4.93. The predicted molar refractivity (Wildman–Crippen MR) is 125 cm³/mol. The van der Waals surface area contributed by atoms with Crippen LogP contribution < -0.4 is 10.2 Å². The van der Waals surface area contributed by atoms with Crippen LogP contribution in [0.15, 0.2) is 82.3 Å². The SMILES string of the molecule is Cc1ccc(C)n1-c1ccc(OCc2ccc(C(=O)NN=Cc3cccc(C(F)(F)F)c3)o2)cc1. The van der Waals surface area contributed by atoms with Crippen LogP contribution in [0.3, 0.4) is 0 Å². The van der Waals surface area contributed by atoms with Gasteiger partial charge in [-0.3, -0.25) is 4.79 Å². The zero-order valence-corrected chi connectivity index (χ0v) is 19.0. The fraction of sp³-hybridized carbons (Fsp3) is 0.154. The Balaban J connectivity index is 1.31. The molecule has 2 aromatic carbocycles. The van der Waals surface area contributed by atoms with Crippen LogP contribution >= 0.6 is 0 Å². The third kappa shape index (κ3) is 5.81. The number of amides is 1. The lowest BCUT2D eigenvalue weighted by Crippen LogP contribution is -2.16. The lowest BCUT2D eigenvalue weighted by atomic mass is 10.1. The molecule has 180 valence electrons. The molecular formula is C26H22F3N3O3. The van der Waals surface area contributed by atoms with Crippen molar-refractivity contribution in [3.63, 3.8) is 0 Å². The molecule has 0 radical (unpaired) electrons. The van der Waals surface area contributed by atoms with E-state index in [0.717, 1.165) is 35.4 Å². The summed E-state index contributed by atoms with van der Waals surface area (Å²) in [4.78, 5) is 12.2. The summed E-state index contributed by atoms with van der Waals surface area (Å²) in [5.74, 6) is 0.433. The van der Waals surface area contributed by atoms with E-state index in [2.05, 4.69) is 27.2 Å². The van der Waals surface area contributed by atoms with Crippen molar-refractivity contribution < 1.29 is 27.1 Å². The third-order valence-electron chi connectivity index (χ3n) is 5.23. The molecule has 35 heavy (non-hydrogen) atoms. The van der Waals surface area contributed by atoms with Crippen LogP contribution in [0, 0.1) is 13.8 Å². The molecule has 0 unspecified atom stereocenters. The van der Waals surface area contributed by atoms with Crippen LogP contribution in [0.2, 0.25) is 0 Å². The van der Waals surface area contributed by atoms with Gasteiger partial charge in [-0.05, 0) is 80.1 Å². The van der Waals surface area contributed by atoms with E-state index >= 15 is 0 Å². The molecule has 0 aliphatic heterocycles. The van der Waals surface area contributed by atoms with Gasteiger partial charge in [0.2, 0.25) is 0 Å². The molecule has 9 heteroatoms. The Morgan fingerprint density at radius 1 is 1.03 bits per heavy atom. The topological polar surface area (TPSA) is 68.8 Å². The Morgan fingerprint density at radius 3 is 2.43 bits per heavy atom. The number of aryl methyl sites for hydroxylation is 2. The van der Waals surface area contributed by atoms with Crippen molar-refractivity contribution in [2.75, 3.05) is 0 Å². The number of rotatable bonds is 7. The summed E-state index contributed by atoms with van der Waals surface area (Å²) in [6.45, 7) is 4.19. The molecule has 4 rings (SSSR count). The fourth-order valence-corrected chi connectivity index (χ4v) is 3.51. The van der Waals surface area contributed by atoms with Crippen molar-refractivity contribution in [1.29, 1.82) is 0 Å². The number of nitrogens with zero attached hydrogens (tertiary/aromatic N) is 2. The van der Waals surface area contributed by atoms with Crippen molar-refractivity contribution in [3.05, 3.63) is 107 Å². The molecule has 0 aliphatic rings. The number of alkyl halides is 3. The maximum atomic E-state index is 12.8. The second kappa shape index (κ2) is 9.92. The zero-order valence-electron chi connectivity index (χ0n) is 19.0. The summed E-state index contributed by atoms with van der Waals surface area (Å²) in [7, 11) is 0. The van der Waals surface area contributed by atoms with Gasteiger partial charge in [-0.25, -0.2) is 5.43 Å². The third-order valence-corrected chi connectivity index (χ3v) is 5.23. The number of carbonyl (C=O) groups excluding carboxylic acids is 1. The molecule has 1 amide bonds. The fourth-order valence-electron chi connectivity index (χ4n) is 3.51. The Labute approximate surface area is 199 Å². The molecule has 4 aromatic rings. The summed E-state index contributed by atoms with van der Waals surface area (Å²) in [6, 6.07) is 19.4. The monoisotopic (exact) mass is 481 g/mol. The molecule has 2 aromatic heterocycles. The highest BCUT2D eigenvalue weighted by Gasteiger charge is 2.30. The van der Waals surface area contributed by atoms with Gasteiger partial charge in [-0.1, -0.05) is 12.1 Å². The van der Waals surface area contributed by atoms with Crippen molar-refractivity contribution in [2.45, 2.75) is 26.6 Å². The van der Waals surface area contributed by atoms with E-state index in [4.69, 9.17) is 9.15 Å². The summed E-state index contributed by atoms with van der Waals surface area (Å²) >= 11 is 0. The standard InChI is InChI=1S/C26H22F3N3O3/c1-17-6-7-18(2)32(17)21-8-10-22(11-9-21)34-16-23-12-13-24(35-23)25(33)31-30-15-19-4-3-5-20(14-19)26(27,28)29/h3-15H,16H2,1-2H3,(H,31,33). The first-order chi connectivity index (χ1) is 16.7. The van der Waals surface area contributed by atoms with Crippen LogP contribution in [-0.4, -0.2) is 16.7 Å². The zero-order chi connectivity index (χ0) is 25.0. The Hall–Kier alpha value is -4.27. The smallest absolute Gasteiger partial charge is 0.416 e. The largest absolute Gasteiger partial charge is 0.486 e. The van der Waals surface area contributed by atoms with Crippen LogP contribution in [0.5, 0.6) is 5.75 Å². The highest BCUT2D eigenvalue weighted by molar-refractivity contribution is 5.92. The molecule has 0 saturated heterocycles. The predicted octanol–water partition coefficient (Wildman–Crippen LogP) is 6.05. The van der Waals surface area contributed by atoms with Crippen molar-refractivity contribution in [1.82, 2.24) is 9.99 Å². The maximum Gasteiger partial charge on any atom is 0.416 e. The number of hydrazone groups is 1. The molecule has 0 bridgehead atoms. The van der Waals surface area contributed by atoms with E-state index in [-0.39, 0.29) is 17.9 Å². The normalized spacial score (nSPS) is 11.7. The van der Waals surface area contributed by atoms with E-state index in [1.807, 2.05) is 38.1 Å². The molecule has 0 aliphatic carbocycles. The van der Waals surface area contributed by atoms with Gasteiger partial charge in [-0.2, -0.15) is 18.3 Å². The molecule has 1 N–H and O–H groups in total. The van der Waals surface area contributed by atoms with Gasteiger partial charge >= 0.3 is 12.1 Å². The highest BCUT2D eigenvalue weighted by Crippen LogP contribution is 2.29. The molecule has 0 saturated carbocycles. The van der Waals surface area contributed by atoms with E-state index in [9.17, 15) is 18.0 Å². The van der Waals surface area contributed by atoms with Gasteiger partial charge in [0.25, 0.3) is 0 Å². The molecular weight excluding hydrogens is 459 g/mol. The number of nitrogens with one attached hydrogen (secondary N) is 1. The number of ether oxygens (including phenoxy) is 1. The van der Waals surface area contributed by atoms with Gasteiger partial charge in [-0.15, -0.1) is 0 Å². The van der Waals surface area contributed by atoms with Gasteiger partial charge in [0.15, 0.2) is 5.76 Å². The lowest BCUT2D eigenvalue weighted by molar-refractivity contribution is -0.137. The number of aromatic nitrogens is 1. The van der Waals surface area contributed by atoms with Crippen molar-refractivity contribution in [2.24, 2.45) is 5.10 Å². The molecule has 0 spiro atoms. The number of carbonyl (C=O) groups is 1. The maximum absolute atomic E-state index is 12.8. The Morgan fingerprint density at radius 2 is 1.74 bits per heavy atom. The minimum absolute atomic E-state index is 0.00121. The molecule has 6 nitrogen and oxygen atoms in total. The first-order valence-electron chi connectivity index (χ1n) is 10.7. The summed E-state index contributed by atoms with van der Waals surface area (Å²) in [6.07, 6.45) is -3.33. The number of hydrogen-bond donors (Lipinski definition) is 1. The molecule has 0 atom stereocenters. The molecule has 0 fully saturated rings. The van der Waals surface area contributed by atoms with Crippen LogP contribution in [0.25, 0.3) is 5.69 Å². The van der Waals surface area contributed by atoms with Gasteiger partial charge in [0, 0.05) is 17.1 Å². The lowest BCUT2D eigenvalue weighted by Gasteiger charge is -2.10. The van der Waals surface area contributed by atoms with E-state index in [1.165, 1.54) is 18.2 Å². The number of benzene rings is 2. The van der Waals surface area contributed by atoms with Crippen molar-refractivity contribution in [3.8, 4) is 11.4 Å². The average Bonchev–Trinajstić information content (AvgIpc) is 3.44. The summed E-state index contributed by atoms with van der Waals surface area (Å²) < 4.78 is 51.7. The van der Waals surface area contributed by atoms with Crippen LogP contribution in [-0.2, 0) is 12.8 Å². The number of hydrogen-bond acceptors (Lipinski definition) is 4. The second-order valence-electron chi connectivity index (χ2n) is 7.82. The first-order valence-corrected chi connectivity index (χ1v) is 10.7. The van der Waals surface area contributed by atoms with Crippen LogP contribution in [0.1, 0.15) is 38.8 Å². The quantitative estimate of drug-likeness (QED) is 0.258. The minimum Gasteiger partial charge on any atom is -0.486 e. The van der Waals surface area contributed by atoms with Crippen molar-refractivity contribution >= 4 is 12.1 Å². The average molecular weight is 481 g/mol. The number of furan rings is 1. The van der Waals surface area contributed by atoms with E-state index < -0.39 is 17.6 Å². The highest BCUT2D eigenvalue weighted by atomic mass is 19.4. The van der Waals surface area contributed by atoms with Gasteiger partial charge in [0.1, 0.15) is 18.1 Å². The van der Waals surface area contributed by atoms with Gasteiger partial charge in [0.05, 0.1) is 11.8 Å². The first kappa shape index (κ1) is 23.9. The summed E-state index contributed by atoms with van der Waals surface area (Å²) in [5, 5.41) is 3.70. The minimum atomic E-state index is -4.46. The van der Waals surface area contributed by atoms with Gasteiger partial charge < -0.3 is 13.7 Å². The molecule has 2 heterocycles. The van der Waals surface area contributed by atoms with Crippen LogP contribution in [0.4, 0.5) is 13.2 Å². The Bertz CT molecular complexity index is 1330. The Kier molecular flexibility index (Phi) is 6.77. The number of halogens is 3. The van der Waals surface area contributed by atoms with E-state index in [1.54, 1.807) is 6.07 Å². The van der Waals surface area contributed by atoms with E-state index in [0.29, 0.717) is 11.5 Å². The second-order valence-corrected chi connectivity index (χ2v) is 7.82.